The fourth-order valence-electron chi connectivity index (χ4n) is 1.58. The van der Waals surface area contributed by atoms with Crippen LogP contribution in [0.1, 0.15) is 12.0 Å². The molecule has 0 bridgehead atoms. The van der Waals surface area contributed by atoms with E-state index < -0.39 is 5.91 Å². The van der Waals surface area contributed by atoms with Crippen LogP contribution in [0.3, 0.4) is 0 Å². The number of nitrogens with zero attached hydrogens (tertiary/aromatic N) is 1. The highest BCUT2D eigenvalue weighted by atomic mass is 35.5. The van der Waals surface area contributed by atoms with E-state index in [4.69, 9.17) is 21.6 Å². The Labute approximate surface area is 129 Å². The topological polar surface area (TPSA) is 74.1 Å². The molecule has 0 aliphatic rings. The molecule has 5 nitrogen and oxygen atoms in total. The first-order chi connectivity index (χ1) is 10.2. The van der Waals surface area contributed by atoms with E-state index in [-0.39, 0.29) is 5.57 Å². The van der Waals surface area contributed by atoms with Crippen LogP contribution in [-0.2, 0) is 16.1 Å². The summed E-state index contributed by atoms with van der Waals surface area (Å²) in [6, 6.07) is 9.23. The lowest BCUT2D eigenvalue weighted by Crippen LogP contribution is -2.27. The highest BCUT2D eigenvalue weighted by Crippen LogP contribution is 2.10. The van der Waals surface area contributed by atoms with Crippen molar-refractivity contribution >= 4 is 17.5 Å². The maximum atomic E-state index is 11.7. The van der Waals surface area contributed by atoms with Gasteiger partial charge < -0.3 is 15.4 Å². The highest BCUT2D eigenvalue weighted by Gasteiger charge is 2.07. The van der Waals surface area contributed by atoms with Crippen LogP contribution in [0.4, 0.5) is 0 Å². The number of benzene rings is 1. The number of hydrogen-bond acceptors (Lipinski definition) is 4. The Bertz CT molecular complexity index is 538. The average Bonchev–Trinajstić information content (AvgIpc) is 2.48. The molecule has 1 aromatic rings. The molecule has 6 heteroatoms. The molecule has 0 aliphatic heterocycles. The third-order valence-electron chi connectivity index (χ3n) is 2.62. The first kappa shape index (κ1) is 17.0. The minimum Gasteiger partial charge on any atom is -0.386 e. The minimum atomic E-state index is -0.396. The van der Waals surface area contributed by atoms with Gasteiger partial charge in [0, 0.05) is 38.0 Å². The second-order valence-electron chi connectivity index (χ2n) is 4.28. The zero-order chi connectivity index (χ0) is 15.5. The zero-order valence-corrected chi connectivity index (χ0v) is 12.6. The van der Waals surface area contributed by atoms with Crippen LogP contribution in [-0.4, -0.2) is 26.2 Å². The summed E-state index contributed by atoms with van der Waals surface area (Å²) >= 11 is 5.88. The molecule has 0 aromatic heterocycles. The number of methoxy groups -OCH3 is 1. The number of carbonyl (C=O) groups excluding carboxylic acids is 1. The Morgan fingerprint density at radius 2 is 2.33 bits per heavy atom. The number of rotatable bonds is 8. The number of carbonyl (C=O) groups is 1. The van der Waals surface area contributed by atoms with Gasteiger partial charge in [-0.25, -0.2) is 0 Å². The van der Waals surface area contributed by atoms with Crippen molar-refractivity contribution in [2.45, 2.75) is 13.0 Å². The summed E-state index contributed by atoms with van der Waals surface area (Å²) in [7, 11) is 1.60. The fraction of sp³-hybridized carbons (Fsp3) is 0.333. The van der Waals surface area contributed by atoms with Gasteiger partial charge in [0.05, 0.1) is 0 Å². The molecule has 0 spiro atoms. The molecule has 1 aromatic carbocycles. The van der Waals surface area contributed by atoms with Gasteiger partial charge >= 0.3 is 0 Å². The van der Waals surface area contributed by atoms with E-state index in [1.807, 2.05) is 24.3 Å². The molecule has 1 amide bonds. The quantitative estimate of drug-likeness (QED) is 0.437. The Kier molecular flexibility index (Phi) is 7.95. The van der Waals surface area contributed by atoms with Crippen molar-refractivity contribution in [2.24, 2.45) is 0 Å². The Balaban J connectivity index is 2.44. The SMILES string of the molecule is COCCCNC(=O)/C(C#N)=C\NCc1cccc(Cl)c1. The zero-order valence-electron chi connectivity index (χ0n) is 11.9. The normalized spacial score (nSPS) is 10.8. The van der Waals surface area contributed by atoms with Gasteiger partial charge in [-0.3, -0.25) is 4.79 Å². The van der Waals surface area contributed by atoms with E-state index in [0.717, 1.165) is 5.56 Å². The predicted molar refractivity (Wildman–Crippen MR) is 81.5 cm³/mol. The number of ether oxygens (including phenoxy) is 1. The second kappa shape index (κ2) is 9.81. The van der Waals surface area contributed by atoms with Gasteiger partial charge in [-0.05, 0) is 24.1 Å². The number of nitrogens with one attached hydrogen (secondary N) is 2. The van der Waals surface area contributed by atoms with Gasteiger partial charge in [-0.1, -0.05) is 23.7 Å². The molecule has 1 rings (SSSR count). The van der Waals surface area contributed by atoms with Crippen molar-refractivity contribution in [3.05, 3.63) is 46.6 Å². The van der Waals surface area contributed by atoms with Gasteiger partial charge in [0.1, 0.15) is 11.6 Å². The van der Waals surface area contributed by atoms with E-state index in [1.54, 1.807) is 13.2 Å². The van der Waals surface area contributed by atoms with E-state index >= 15 is 0 Å². The summed E-state index contributed by atoms with van der Waals surface area (Å²) in [4.78, 5) is 11.7. The summed E-state index contributed by atoms with van der Waals surface area (Å²) in [6.07, 6.45) is 2.11. The molecule has 0 atom stereocenters. The summed E-state index contributed by atoms with van der Waals surface area (Å²) in [5.74, 6) is -0.396. The summed E-state index contributed by atoms with van der Waals surface area (Å²) < 4.78 is 4.88. The largest absolute Gasteiger partial charge is 0.386 e. The Morgan fingerprint density at radius 3 is 3.00 bits per heavy atom. The maximum absolute atomic E-state index is 11.7. The summed E-state index contributed by atoms with van der Waals surface area (Å²) in [5.41, 5.74) is 1.01. The van der Waals surface area contributed by atoms with Crippen molar-refractivity contribution in [1.82, 2.24) is 10.6 Å². The van der Waals surface area contributed by atoms with Crippen LogP contribution in [0, 0.1) is 11.3 Å². The van der Waals surface area contributed by atoms with Crippen molar-refractivity contribution in [2.75, 3.05) is 20.3 Å². The van der Waals surface area contributed by atoms with Crippen LogP contribution in [0.2, 0.25) is 5.02 Å². The number of nitriles is 1. The lowest BCUT2D eigenvalue weighted by Gasteiger charge is -2.05. The van der Waals surface area contributed by atoms with Crippen molar-refractivity contribution in [3.63, 3.8) is 0 Å². The van der Waals surface area contributed by atoms with Crippen molar-refractivity contribution in [3.8, 4) is 6.07 Å². The van der Waals surface area contributed by atoms with Crippen LogP contribution >= 0.6 is 11.6 Å². The predicted octanol–water partition coefficient (Wildman–Crippen LogP) is 1.99. The Morgan fingerprint density at radius 1 is 1.52 bits per heavy atom. The fourth-order valence-corrected chi connectivity index (χ4v) is 1.79. The molecule has 0 radical (unpaired) electrons. The van der Waals surface area contributed by atoms with Crippen LogP contribution < -0.4 is 10.6 Å². The van der Waals surface area contributed by atoms with Crippen LogP contribution in [0.15, 0.2) is 36.0 Å². The van der Waals surface area contributed by atoms with Crippen molar-refractivity contribution in [1.29, 1.82) is 5.26 Å². The monoisotopic (exact) mass is 307 g/mol. The minimum absolute atomic E-state index is 0.0365. The smallest absolute Gasteiger partial charge is 0.263 e. The maximum Gasteiger partial charge on any atom is 0.263 e. The molecule has 0 saturated carbocycles. The van der Waals surface area contributed by atoms with E-state index in [0.29, 0.717) is 31.1 Å². The molecular weight excluding hydrogens is 290 g/mol. The van der Waals surface area contributed by atoms with Crippen LogP contribution in [0.25, 0.3) is 0 Å². The van der Waals surface area contributed by atoms with Gasteiger partial charge in [0.25, 0.3) is 5.91 Å². The number of amides is 1. The van der Waals surface area contributed by atoms with Gasteiger partial charge in [0.2, 0.25) is 0 Å². The Hall–Kier alpha value is -2.03. The third kappa shape index (κ3) is 6.80. The molecular formula is C15H18ClN3O2. The number of halogens is 1. The molecule has 0 saturated heterocycles. The van der Waals surface area contributed by atoms with E-state index in [1.165, 1.54) is 6.20 Å². The van der Waals surface area contributed by atoms with Crippen LogP contribution in [0.5, 0.6) is 0 Å². The molecule has 0 heterocycles. The summed E-state index contributed by atoms with van der Waals surface area (Å²) in [6.45, 7) is 1.53. The number of hydrogen-bond donors (Lipinski definition) is 2. The lowest BCUT2D eigenvalue weighted by atomic mass is 10.2. The first-order valence-electron chi connectivity index (χ1n) is 6.52. The molecule has 0 unspecified atom stereocenters. The molecule has 0 aliphatic carbocycles. The van der Waals surface area contributed by atoms with Gasteiger partial charge in [-0.15, -0.1) is 0 Å². The average molecular weight is 308 g/mol. The third-order valence-corrected chi connectivity index (χ3v) is 2.85. The first-order valence-corrected chi connectivity index (χ1v) is 6.90. The highest BCUT2D eigenvalue weighted by molar-refractivity contribution is 6.30. The van der Waals surface area contributed by atoms with Gasteiger partial charge in [0.15, 0.2) is 0 Å². The lowest BCUT2D eigenvalue weighted by molar-refractivity contribution is -0.117. The van der Waals surface area contributed by atoms with E-state index in [9.17, 15) is 4.79 Å². The molecule has 112 valence electrons. The second-order valence-corrected chi connectivity index (χ2v) is 4.72. The van der Waals surface area contributed by atoms with E-state index in [2.05, 4.69) is 10.6 Å². The van der Waals surface area contributed by atoms with Crippen molar-refractivity contribution < 1.29 is 9.53 Å². The summed E-state index contributed by atoms with van der Waals surface area (Å²) in [5, 5.41) is 15.2. The molecule has 21 heavy (non-hydrogen) atoms. The van der Waals surface area contributed by atoms with Gasteiger partial charge in [-0.2, -0.15) is 5.26 Å². The standard InChI is InChI=1S/C15H18ClN3O2/c1-21-7-3-6-19-15(20)13(9-17)11-18-10-12-4-2-5-14(16)8-12/h2,4-5,8,11,18H,3,6-7,10H2,1H3,(H,19,20)/b13-11-. The molecule has 0 fully saturated rings. The molecule has 2 N–H and O–H groups in total.